The molecule has 3 aromatic rings. The molecular formula is C18H22N4OS. The number of thiazole rings is 1. The summed E-state index contributed by atoms with van der Waals surface area (Å²) in [5, 5.41) is 4.31. The van der Waals surface area contributed by atoms with Gasteiger partial charge < -0.3 is 4.57 Å². The lowest BCUT2D eigenvalue weighted by Gasteiger charge is -2.03. The number of hydrogen-bond acceptors (Lipinski definition) is 3. The van der Waals surface area contributed by atoms with Gasteiger partial charge in [0.25, 0.3) is 5.91 Å². The molecule has 1 amide bonds. The standard InChI is InChI=1S/C18H22N4OS/c1-6-21-15-9-12(4)13(5)10-16(15)24-18(21)19-17(23)14-7-8-22(20-14)11(2)3/h7-11H,6H2,1-5H3. The van der Waals surface area contributed by atoms with Crippen molar-refractivity contribution in [1.82, 2.24) is 14.3 Å². The quantitative estimate of drug-likeness (QED) is 0.726. The van der Waals surface area contributed by atoms with Crippen molar-refractivity contribution in [1.29, 1.82) is 0 Å². The van der Waals surface area contributed by atoms with Crippen LogP contribution in [0.15, 0.2) is 29.4 Å². The number of fused-ring (bicyclic) bond motifs is 1. The average molecular weight is 342 g/mol. The summed E-state index contributed by atoms with van der Waals surface area (Å²) in [6.07, 6.45) is 1.82. The average Bonchev–Trinajstić information content (AvgIpc) is 3.13. The molecule has 0 fully saturated rings. The van der Waals surface area contributed by atoms with Crippen LogP contribution in [0.3, 0.4) is 0 Å². The van der Waals surface area contributed by atoms with Crippen molar-refractivity contribution in [2.45, 2.75) is 47.2 Å². The fourth-order valence-corrected chi connectivity index (χ4v) is 3.77. The lowest BCUT2D eigenvalue weighted by Crippen LogP contribution is -2.16. The summed E-state index contributed by atoms with van der Waals surface area (Å²) in [4.78, 5) is 17.5. The predicted octanol–water partition coefficient (Wildman–Crippen LogP) is 3.86. The van der Waals surface area contributed by atoms with Crippen LogP contribution in [-0.4, -0.2) is 20.3 Å². The summed E-state index contributed by atoms with van der Waals surface area (Å²) in [7, 11) is 0. The van der Waals surface area contributed by atoms with E-state index in [0.717, 1.165) is 21.6 Å². The summed E-state index contributed by atoms with van der Waals surface area (Å²) in [6, 6.07) is 6.28. The van der Waals surface area contributed by atoms with E-state index < -0.39 is 0 Å². The van der Waals surface area contributed by atoms with Crippen LogP contribution in [0.2, 0.25) is 0 Å². The minimum atomic E-state index is -0.295. The molecule has 2 heterocycles. The van der Waals surface area contributed by atoms with Gasteiger partial charge in [-0.2, -0.15) is 10.1 Å². The summed E-state index contributed by atoms with van der Waals surface area (Å²) in [6.45, 7) is 11.1. The summed E-state index contributed by atoms with van der Waals surface area (Å²) >= 11 is 1.55. The maximum absolute atomic E-state index is 12.5. The molecule has 0 radical (unpaired) electrons. The normalized spacial score (nSPS) is 12.5. The zero-order valence-electron chi connectivity index (χ0n) is 14.7. The van der Waals surface area contributed by atoms with Crippen LogP contribution < -0.4 is 4.80 Å². The number of aryl methyl sites for hydroxylation is 3. The molecule has 0 spiro atoms. The van der Waals surface area contributed by atoms with Gasteiger partial charge in [0.05, 0.1) is 10.2 Å². The van der Waals surface area contributed by atoms with E-state index in [1.807, 2.05) is 20.0 Å². The zero-order valence-corrected chi connectivity index (χ0v) is 15.5. The van der Waals surface area contributed by atoms with Gasteiger partial charge in [-0.3, -0.25) is 9.48 Å². The molecule has 0 saturated heterocycles. The molecule has 0 saturated carbocycles. The third-order valence-corrected chi connectivity index (χ3v) is 5.21. The largest absolute Gasteiger partial charge is 0.317 e. The highest BCUT2D eigenvalue weighted by molar-refractivity contribution is 7.16. The van der Waals surface area contributed by atoms with Crippen LogP contribution >= 0.6 is 11.3 Å². The Morgan fingerprint density at radius 2 is 2.00 bits per heavy atom. The van der Waals surface area contributed by atoms with Crippen molar-refractivity contribution in [2.75, 3.05) is 0 Å². The van der Waals surface area contributed by atoms with E-state index in [2.05, 4.69) is 47.6 Å². The van der Waals surface area contributed by atoms with Crippen LogP contribution in [-0.2, 0) is 6.54 Å². The van der Waals surface area contributed by atoms with E-state index in [1.165, 1.54) is 11.1 Å². The van der Waals surface area contributed by atoms with Crippen molar-refractivity contribution < 1.29 is 4.79 Å². The fourth-order valence-electron chi connectivity index (χ4n) is 2.60. The van der Waals surface area contributed by atoms with E-state index >= 15 is 0 Å². The number of carbonyl (C=O) groups excluding carboxylic acids is 1. The number of nitrogens with zero attached hydrogens (tertiary/aromatic N) is 4. The van der Waals surface area contributed by atoms with E-state index in [1.54, 1.807) is 22.1 Å². The van der Waals surface area contributed by atoms with Gasteiger partial charge in [0.2, 0.25) is 0 Å². The van der Waals surface area contributed by atoms with Crippen molar-refractivity contribution in [3.05, 3.63) is 46.0 Å². The molecule has 1 aromatic carbocycles. The van der Waals surface area contributed by atoms with Gasteiger partial charge in [-0.05, 0) is 63.9 Å². The Kier molecular flexibility index (Phi) is 4.41. The summed E-state index contributed by atoms with van der Waals surface area (Å²) < 4.78 is 5.01. The molecule has 0 unspecified atom stereocenters. The lowest BCUT2D eigenvalue weighted by atomic mass is 10.1. The molecule has 126 valence electrons. The van der Waals surface area contributed by atoms with Crippen molar-refractivity contribution in [3.63, 3.8) is 0 Å². The first-order chi connectivity index (χ1) is 11.4. The Morgan fingerprint density at radius 3 is 2.62 bits per heavy atom. The van der Waals surface area contributed by atoms with Crippen molar-refractivity contribution in [3.8, 4) is 0 Å². The Balaban J connectivity index is 2.10. The van der Waals surface area contributed by atoms with Crippen LogP contribution in [0.25, 0.3) is 10.2 Å². The summed E-state index contributed by atoms with van der Waals surface area (Å²) in [5.41, 5.74) is 4.01. The highest BCUT2D eigenvalue weighted by atomic mass is 32.1. The number of hydrogen-bond donors (Lipinski definition) is 0. The van der Waals surface area contributed by atoms with Gasteiger partial charge in [0.1, 0.15) is 0 Å². The Morgan fingerprint density at radius 1 is 1.29 bits per heavy atom. The smallest absolute Gasteiger partial charge is 0.300 e. The molecule has 0 aliphatic heterocycles. The molecule has 6 heteroatoms. The minimum Gasteiger partial charge on any atom is -0.317 e. The van der Waals surface area contributed by atoms with Crippen LogP contribution in [0.4, 0.5) is 0 Å². The maximum Gasteiger partial charge on any atom is 0.300 e. The number of aromatic nitrogens is 3. The molecule has 0 bridgehead atoms. The van der Waals surface area contributed by atoms with Crippen LogP contribution in [0.5, 0.6) is 0 Å². The number of carbonyl (C=O) groups is 1. The van der Waals surface area contributed by atoms with E-state index in [4.69, 9.17) is 0 Å². The van der Waals surface area contributed by atoms with Crippen molar-refractivity contribution >= 4 is 27.5 Å². The Bertz CT molecular complexity index is 975. The van der Waals surface area contributed by atoms with Gasteiger partial charge >= 0.3 is 0 Å². The van der Waals surface area contributed by atoms with Crippen molar-refractivity contribution in [2.24, 2.45) is 4.99 Å². The van der Waals surface area contributed by atoms with E-state index in [0.29, 0.717) is 5.69 Å². The van der Waals surface area contributed by atoms with Crippen LogP contribution in [0, 0.1) is 13.8 Å². The highest BCUT2D eigenvalue weighted by Crippen LogP contribution is 2.22. The van der Waals surface area contributed by atoms with Gasteiger partial charge in [-0.1, -0.05) is 11.3 Å². The SMILES string of the molecule is CCn1c(=NC(=O)c2ccn(C(C)C)n2)sc2cc(C)c(C)cc21. The summed E-state index contributed by atoms with van der Waals surface area (Å²) in [5.74, 6) is -0.295. The topological polar surface area (TPSA) is 52.2 Å². The second-order valence-electron chi connectivity index (χ2n) is 6.22. The number of amides is 1. The predicted molar refractivity (Wildman–Crippen MR) is 97.5 cm³/mol. The monoisotopic (exact) mass is 342 g/mol. The molecule has 3 rings (SSSR count). The second kappa shape index (κ2) is 6.36. The lowest BCUT2D eigenvalue weighted by molar-refractivity contribution is 0.0992. The maximum atomic E-state index is 12.5. The van der Waals surface area contributed by atoms with Gasteiger partial charge in [-0.15, -0.1) is 0 Å². The fraction of sp³-hybridized carbons (Fsp3) is 0.389. The molecule has 24 heavy (non-hydrogen) atoms. The first-order valence-electron chi connectivity index (χ1n) is 8.15. The molecule has 0 N–H and O–H groups in total. The first-order valence-corrected chi connectivity index (χ1v) is 8.97. The third-order valence-electron chi connectivity index (χ3n) is 4.17. The van der Waals surface area contributed by atoms with Gasteiger partial charge in [0.15, 0.2) is 10.5 Å². The molecular weight excluding hydrogens is 320 g/mol. The molecule has 0 atom stereocenters. The van der Waals surface area contributed by atoms with Gasteiger partial charge in [-0.25, -0.2) is 0 Å². The second-order valence-corrected chi connectivity index (χ2v) is 7.23. The third kappa shape index (κ3) is 2.94. The highest BCUT2D eigenvalue weighted by Gasteiger charge is 2.12. The van der Waals surface area contributed by atoms with Crippen LogP contribution in [0.1, 0.15) is 48.4 Å². The van der Waals surface area contributed by atoms with E-state index in [-0.39, 0.29) is 11.9 Å². The molecule has 0 aliphatic carbocycles. The van der Waals surface area contributed by atoms with E-state index in [9.17, 15) is 4.79 Å². The minimum absolute atomic E-state index is 0.224. The Labute approximate surface area is 145 Å². The Hall–Kier alpha value is -2.21. The molecule has 2 aromatic heterocycles. The number of rotatable bonds is 3. The molecule has 5 nitrogen and oxygen atoms in total. The van der Waals surface area contributed by atoms with Gasteiger partial charge in [0, 0.05) is 18.8 Å². The first kappa shape index (κ1) is 16.6. The zero-order chi connectivity index (χ0) is 17.4. The molecule has 0 aliphatic rings. The number of benzene rings is 1.